The zero-order chi connectivity index (χ0) is 17.3. The predicted octanol–water partition coefficient (Wildman–Crippen LogP) is 2.82. The molecule has 0 saturated carbocycles. The maximum atomic E-state index is 12.7. The summed E-state index contributed by atoms with van der Waals surface area (Å²) in [6, 6.07) is 9.80. The number of para-hydroxylation sites is 1. The molecule has 1 aliphatic carbocycles. The Kier molecular flexibility index (Phi) is 4.30. The third-order valence-corrected chi connectivity index (χ3v) is 4.70. The number of nitriles is 1. The number of ether oxygens (including phenoxy) is 1. The Labute approximate surface area is 142 Å². The molecule has 0 amide bonds. The summed E-state index contributed by atoms with van der Waals surface area (Å²) < 4.78 is 5.74. The minimum atomic E-state index is -0.447. The van der Waals surface area contributed by atoms with E-state index >= 15 is 0 Å². The molecular formula is C19H21N3O2. The molecule has 0 fully saturated rings. The fraction of sp³-hybridized carbons (Fsp3) is 0.368. The summed E-state index contributed by atoms with van der Waals surface area (Å²) in [6.07, 6.45) is 2.12. The Balaban J connectivity index is 2.24. The average molecular weight is 323 g/mol. The number of Topliss-reactive ketones (excluding diaryl/α,β-unsaturated/α-hetero) is 1. The van der Waals surface area contributed by atoms with Gasteiger partial charge in [0, 0.05) is 30.3 Å². The highest BCUT2D eigenvalue weighted by Gasteiger charge is 2.39. The molecule has 0 spiro atoms. The minimum absolute atomic E-state index is 0.0969. The molecule has 1 aromatic rings. The highest BCUT2D eigenvalue weighted by molar-refractivity contribution is 6.00. The molecule has 0 unspecified atom stereocenters. The van der Waals surface area contributed by atoms with E-state index in [0.717, 1.165) is 24.1 Å². The van der Waals surface area contributed by atoms with Crippen molar-refractivity contribution < 1.29 is 9.53 Å². The molecule has 0 radical (unpaired) electrons. The van der Waals surface area contributed by atoms with E-state index in [2.05, 4.69) is 6.07 Å². The molecule has 1 aromatic carbocycles. The van der Waals surface area contributed by atoms with Crippen LogP contribution in [-0.2, 0) is 4.79 Å². The minimum Gasteiger partial charge on any atom is -0.494 e. The van der Waals surface area contributed by atoms with Gasteiger partial charge in [0.1, 0.15) is 11.6 Å². The molecule has 0 aromatic heterocycles. The summed E-state index contributed by atoms with van der Waals surface area (Å²) in [7, 11) is 1.82. The summed E-state index contributed by atoms with van der Waals surface area (Å²) in [4.78, 5) is 14.5. The van der Waals surface area contributed by atoms with Crippen LogP contribution in [0, 0.1) is 11.3 Å². The number of hydrogen-bond donors (Lipinski definition) is 1. The maximum absolute atomic E-state index is 12.7. The van der Waals surface area contributed by atoms with Crippen molar-refractivity contribution in [2.45, 2.75) is 32.1 Å². The van der Waals surface area contributed by atoms with Crippen molar-refractivity contribution in [3.63, 3.8) is 0 Å². The lowest BCUT2D eigenvalue weighted by Gasteiger charge is -2.38. The van der Waals surface area contributed by atoms with Gasteiger partial charge in [-0.1, -0.05) is 18.2 Å². The van der Waals surface area contributed by atoms with Gasteiger partial charge in [0.15, 0.2) is 5.78 Å². The van der Waals surface area contributed by atoms with Crippen LogP contribution in [0.1, 0.15) is 37.7 Å². The van der Waals surface area contributed by atoms with Crippen molar-refractivity contribution in [1.29, 1.82) is 5.26 Å². The number of nitrogens with zero attached hydrogens (tertiary/aromatic N) is 2. The van der Waals surface area contributed by atoms with Crippen LogP contribution >= 0.6 is 0 Å². The third-order valence-electron chi connectivity index (χ3n) is 4.70. The number of hydrogen-bond acceptors (Lipinski definition) is 5. The molecule has 2 aliphatic rings. The fourth-order valence-corrected chi connectivity index (χ4v) is 3.58. The van der Waals surface area contributed by atoms with Crippen LogP contribution in [0.5, 0.6) is 5.75 Å². The second kappa shape index (κ2) is 6.40. The monoisotopic (exact) mass is 323 g/mol. The van der Waals surface area contributed by atoms with Gasteiger partial charge < -0.3 is 15.4 Å². The number of nitrogens with two attached hydrogens (primary N) is 1. The quantitative estimate of drug-likeness (QED) is 0.925. The first kappa shape index (κ1) is 16.1. The van der Waals surface area contributed by atoms with Gasteiger partial charge in [-0.25, -0.2) is 0 Å². The number of allylic oxidation sites excluding steroid dienone is 3. The van der Waals surface area contributed by atoms with Crippen LogP contribution in [0.4, 0.5) is 0 Å². The first-order chi connectivity index (χ1) is 11.6. The lowest BCUT2D eigenvalue weighted by atomic mass is 9.75. The van der Waals surface area contributed by atoms with Crippen LogP contribution < -0.4 is 10.5 Å². The van der Waals surface area contributed by atoms with Crippen molar-refractivity contribution >= 4 is 5.78 Å². The Morgan fingerprint density at radius 2 is 2.12 bits per heavy atom. The van der Waals surface area contributed by atoms with E-state index in [0.29, 0.717) is 35.7 Å². The Morgan fingerprint density at radius 3 is 2.83 bits per heavy atom. The maximum Gasteiger partial charge on any atom is 0.161 e. The van der Waals surface area contributed by atoms with Crippen LogP contribution in [0.3, 0.4) is 0 Å². The molecule has 1 atom stereocenters. The van der Waals surface area contributed by atoms with Crippen molar-refractivity contribution in [2.75, 3.05) is 13.7 Å². The molecule has 0 saturated heterocycles. The van der Waals surface area contributed by atoms with Gasteiger partial charge in [0.05, 0.1) is 24.2 Å². The largest absolute Gasteiger partial charge is 0.494 e. The van der Waals surface area contributed by atoms with Gasteiger partial charge in [-0.3, -0.25) is 4.79 Å². The molecular weight excluding hydrogens is 302 g/mol. The lowest BCUT2D eigenvalue weighted by Crippen LogP contribution is -2.36. The van der Waals surface area contributed by atoms with Crippen LogP contribution in [-0.4, -0.2) is 24.3 Å². The number of rotatable bonds is 3. The van der Waals surface area contributed by atoms with Gasteiger partial charge >= 0.3 is 0 Å². The van der Waals surface area contributed by atoms with Gasteiger partial charge in [-0.15, -0.1) is 0 Å². The second-order valence-corrected chi connectivity index (χ2v) is 6.01. The third kappa shape index (κ3) is 2.44. The lowest BCUT2D eigenvalue weighted by molar-refractivity contribution is -0.116. The highest BCUT2D eigenvalue weighted by Crippen LogP contribution is 2.46. The SMILES string of the molecule is CCOc1ccccc1[C@@H]1C(C#N)=C(N)N(C)C2=C1C(=O)CCC2. The van der Waals surface area contributed by atoms with Crippen molar-refractivity contribution in [3.05, 3.63) is 52.5 Å². The van der Waals surface area contributed by atoms with Gasteiger partial charge in [-0.05, 0) is 25.8 Å². The van der Waals surface area contributed by atoms with Crippen molar-refractivity contribution in [3.8, 4) is 11.8 Å². The normalized spacial score (nSPS) is 20.8. The molecule has 124 valence electrons. The molecule has 5 heteroatoms. The summed E-state index contributed by atoms with van der Waals surface area (Å²) >= 11 is 0. The molecule has 1 heterocycles. The predicted molar refractivity (Wildman–Crippen MR) is 90.8 cm³/mol. The summed E-state index contributed by atoms with van der Waals surface area (Å²) in [5.74, 6) is 0.763. The molecule has 0 bridgehead atoms. The standard InChI is InChI=1S/C19H21N3O2/c1-3-24-16-10-5-4-7-12(16)17-13(11-20)19(21)22(2)14-8-6-9-15(23)18(14)17/h4-5,7,10,17H,3,6,8-9,21H2,1-2H3/t17-/m1/s1. The van der Waals surface area contributed by atoms with E-state index in [1.165, 1.54) is 0 Å². The first-order valence-electron chi connectivity index (χ1n) is 8.21. The second-order valence-electron chi connectivity index (χ2n) is 6.01. The highest BCUT2D eigenvalue weighted by atomic mass is 16.5. The van der Waals surface area contributed by atoms with Crippen LogP contribution in [0.25, 0.3) is 0 Å². The molecule has 2 N–H and O–H groups in total. The van der Waals surface area contributed by atoms with E-state index in [1.54, 1.807) is 4.90 Å². The average Bonchev–Trinajstić information content (AvgIpc) is 2.59. The summed E-state index contributed by atoms with van der Waals surface area (Å²) in [5.41, 5.74) is 9.10. The number of carbonyl (C=O) groups is 1. The van der Waals surface area contributed by atoms with Gasteiger partial charge in [0.2, 0.25) is 0 Å². The van der Waals surface area contributed by atoms with Crippen LogP contribution in [0.2, 0.25) is 0 Å². The van der Waals surface area contributed by atoms with E-state index in [4.69, 9.17) is 10.5 Å². The molecule has 3 rings (SSSR count). The van der Waals surface area contributed by atoms with Crippen molar-refractivity contribution in [1.82, 2.24) is 4.90 Å². The topological polar surface area (TPSA) is 79.3 Å². The number of carbonyl (C=O) groups excluding carboxylic acids is 1. The zero-order valence-corrected chi connectivity index (χ0v) is 14.0. The van der Waals surface area contributed by atoms with Gasteiger partial charge in [0.25, 0.3) is 0 Å². The zero-order valence-electron chi connectivity index (χ0n) is 14.0. The van der Waals surface area contributed by atoms with E-state index in [-0.39, 0.29) is 5.78 Å². The van der Waals surface area contributed by atoms with Crippen LogP contribution in [0.15, 0.2) is 46.9 Å². The molecule has 24 heavy (non-hydrogen) atoms. The van der Waals surface area contributed by atoms with Gasteiger partial charge in [-0.2, -0.15) is 5.26 Å². The first-order valence-corrected chi connectivity index (χ1v) is 8.21. The van der Waals surface area contributed by atoms with E-state index in [9.17, 15) is 10.1 Å². The molecule has 1 aliphatic heterocycles. The van der Waals surface area contributed by atoms with Crippen molar-refractivity contribution in [2.24, 2.45) is 5.73 Å². The Hall–Kier alpha value is -2.74. The number of ketones is 1. The number of benzene rings is 1. The Bertz CT molecular complexity index is 786. The van der Waals surface area contributed by atoms with E-state index in [1.807, 2.05) is 38.2 Å². The fourth-order valence-electron chi connectivity index (χ4n) is 3.58. The smallest absolute Gasteiger partial charge is 0.161 e. The molecule has 5 nitrogen and oxygen atoms in total. The summed E-state index contributed by atoms with van der Waals surface area (Å²) in [6.45, 7) is 2.43. The Morgan fingerprint density at radius 1 is 1.38 bits per heavy atom. The summed E-state index contributed by atoms with van der Waals surface area (Å²) in [5, 5.41) is 9.72. The van der Waals surface area contributed by atoms with E-state index < -0.39 is 5.92 Å².